The molecule has 0 aliphatic heterocycles. The molecule has 1 atom stereocenters. The average molecular weight is 225 g/mol. The molecule has 0 saturated heterocycles. The monoisotopic (exact) mass is 225 g/mol. The minimum atomic E-state index is -0.520. The summed E-state index contributed by atoms with van der Waals surface area (Å²) in [5.74, 6) is 0.00167. The number of hydrogen-bond acceptors (Lipinski definition) is 6. The van der Waals surface area contributed by atoms with Gasteiger partial charge in [0, 0.05) is 0 Å². The molecule has 6 nitrogen and oxygen atoms in total. The third kappa shape index (κ3) is 3.16. The van der Waals surface area contributed by atoms with Gasteiger partial charge in [-0.05, 0) is 6.42 Å². The Labute approximate surface area is 93.7 Å². The van der Waals surface area contributed by atoms with E-state index in [0.717, 1.165) is 6.42 Å². The Morgan fingerprint density at radius 3 is 2.75 bits per heavy atom. The van der Waals surface area contributed by atoms with E-state index in [1.807, 2.05) is 6.92 Å². The first-order valence-electron chi connectivity index (χ1n) is 4.99. The van der Waals surface area contributed by atoms with Gasteiger partial charge in [0.15, 0.2) is 5.69 Å². The number of aromatic nitrogens is 2. The summed E-state index contributed by atoms with van der Waals surface area (Å²) in [5.41, 5.74) is 0.157. The Morgan fingerprint density at radius 2 is 2.31 bits per heavy atom. The first-order chi connectivity index (χ1) is 7.71. The van der Waals surface area contributed by atoms with Crippen LogP contribution in [-0.2, 0) is 4.74 Å². The third-order valence-corrected chi connectivity index (χ3v) is 2.11. The molecule has 1 heterocycles. The van der Waals surface area contributed by atoms with E-state index in [1.165, 1.54) is 19.5 Å². The zero-order valence-corrected chi connectivity index (χ0v) is 9.30. The van der Waals surface area contributed by atoms with E-state index < -0.39 is 5.97 Å². The van der Waals surface area contributed by atoms with Gasteiger partial charge in [0.1, 0.15) is 5.82 Å². The fraction of sp³-hybridized carbons (Fsp3) is 0.500. The van der Waals surface area contributed by atoms with Gasteiger partial charge in [0.2, 0.25) is 0 Å². The van der Waals surface area contributed by atoms with Crippen molar-refractivity contribution in [3.05, 3.63) is 18.1 Å². The van der Waals surface area contributed by atoms with Crippen LogP contribution in [0.25, 0.3) is 0 Å². The maximum absolute atomic E-state index is 11.1. The molecule has 0 saturated carbocycles. The molecule has 1 rings (SSSR count). The van der Waals surface area contributed by atoms with Crippen LogP contribution in [-0.4, -0.2) is 40.8 Å². The molecular weight excluding hydrogens is 210 g/mol. The summed E-state index contributed by atoms with van der Waals surface area (Å²) in [4.78, 5) is 19.0. The molecule has 1 aromatic rings. The average Bonchev–Trinajstić information content (AvgIpc) is 2.35. The van der Waals surface area contributed by atoms with Crippen LogP contribution in [0, 0.1) is 0 Å². The summed E-state index contributed by atoms with van der Waals surface area (Å²) in [6.45, 7) is 1.97. The molecule has 0 aliphatic carbocycles. The van der Waals surface area contributed by atoms with Crippen LogP contribution in [0.2, 0.25) is 0 Å². The summed E-state index contributed by atoms with van der Waals surface area (Å²) in [5, 5.41) is 12.0. The second-order valence-corrected chi connectivity index (χ2v) is 3.21. The van der Waals surface area contributed by atoms with Gasteiger partial charge in [-0.3, -0.25) is 0 Å². The molecule has 2 N–H and O–H groups in total. The van der Waals surface area contributed by atoms with Crippen molar-refractivity contribution < 1.29 is 14.6 Å². The van der Waals surface area contributed by atoms with Gasteiger partial charge in [-0.2, -0.15) is 0 Å². The Morgan fingerprint density at radius 1 is 1.56 bits per heavy atom. The first kappa shape index (κ1) is 12.4. The first-order valence-corrected chi connectivity index (χ1v) is 4.99. The summed E-state index contributed by atoms with van der Waals surface area (Å²) < 4.78 is 4.50. The van der Waals surface area contributed by atoms with Crippen LogP contribution >= 0.6 is 0 Å². The molecule has 0 bridgehead atoms. The molecule has 0 aliphatic rings. The second-order valence-electron chi connectivity index (χ2n) is 3.21. The highest BCUT2D eigenvalue weighted by atomic mass is 16.5. The van der Waals surface area contributed by atoms with Gasteiger partial charge >= 0.3 is 5.97 Å². The second kappa shape index (κ2) is 6.02. The van der Waals surface area contributed by atoms with Crippen LogP contribution in [0.3, 0.4) is 0 Å². The summed E-state index contributed by atoms with van der Waals surface area (Å²) in [6.07, 6.45) is 3.54. The maximum atomic E-state index is 11.1. The van der Waals surface area contributed by atoms with Crippen LogP contribution < -0.4 is 5.32 Å². The number of nitrogens with zero attached hydrogens (tertiary/aromatic N) is 2. The largest absolute Gasteiger partial charge is 0.464 e. The predicted molar refractivity (Wildman–Crippen MR) is 58.2 cm³/mol. The number of carbonyl (C=O) groups excluding carboxylic acids is 1. The number of ether oxygens (including phenoxy) is 1. The van der Waals surface area contributed by atoms with E-state index in [2.05, 4.69) is 20.0 Å². The predicted octanol–water partition coefficient (Wildman–Crippen LogP) is 0.446. The van der Waals surface area contributed by atoms with Gasteiger partial charge in [-0.1, -0.05) is 6.92 Å². The lowest BCUT2D eigenvalue weighted by Crippen LogP contribution is -2.23. The van der Waals surface area contributed by atoms with Gasteiger partial charge in [-0.15, -0.1) is 0 Å². The number of hydrogen-bond donors (Lipinski definition) is 2. The molecule has 0 spiro atoms. The Bertz CT molecular complexity index is 336. The van der Waals surface area contributed by atoms with Crippen molar-refractivity contribution in [2.24, 2.45) is 0 Å². The van der Waals surface area contributed by atoms with Gasteiger partial charge in [-0.25, -0.2) is 14.8 Å². The summed E-state index contributed by atoms with van der Waals surface area (Å²) >= 11 is 0. The van der Waals surface area contributed by atoms with Gasteiger partial charge < -0.3 is 15.2 Å². The highest BCUT2D eigenvalue weighted by Gasteiger charge is 2.09. The Hall–Kier alpha value is -1.69. The fourth-order valence-corrected chi connectivity index (χ4v) is 1.10. The highest BCUT2D eigenvalue weighted by Crippen LogP contribution is 2.05. The minimum Gasteiger partial charge on any atom is -0.464 e. The van der Waals surface area contributed by atoms with Crippen molar-refractivity contribution in [2.75, 3.05) is 19.0 Å². The van der Waals surface area contributed by atoms with Crippen LogP contribution in [0.4, 0.5) is 5.82 Å². The van der Waals surface area contributed by atoms with E-state index in [1.54, 1.807) is 0 Å². The molecule has 16 heavy (non-hydrogen) atoms. The van der Waals surface area contributed by atoms with Crippen molar-refractivity contribution >= 4 is 11.8 Å². The molecule has 1 unspecified atom stereocenters. The normalized spacial score (nSPS) is 11.9. The molecule has 88 valence electrons. The topological polar surface area (TPSA) is 84.3 Å². The van der Waals surface area contributed by atoms with Crippen molar-refractivity contribution in [3.63, 3.8) is 0 Å². The number of esters is 1. The van der Waals surface area contributed by atoms with Crippen molar-refractivity contribution in [1.29, 1.82) is 0 Å². The van der Waals surface area contributed by atoms with Crippen LogP contribution in [0.5, 0.6) is 0 Å². The fourth-order valence-electron chi connectivity index (χ4n) is 1.10. The van der Waals surface area contributed by atoms with Crippen molar-refractivity contribution in [2.45, 2.75) is 19.4 Å². The van der Waals surface area contributed by atoms with Crippen molar-refractivity contribution in [1.82, 2.24) is 9.97 Å². The summed E-state index contributed by atoms with van der Waals surface area (Å²) in [6, 6.07) is -0.0572. The van der Waals surface area contributed by atoms with E-state index in [-0.39, 0.29) is 18.3 Å². The molecule has 6 heteroatoms. The number of aliphatic hydroxyl groups is 1. The van der Waals surface area contributed by atoms with E-state index in [9.17, 15) is 4.79 Å². The van der Waals surface area contributed by atoms with E-state index in [4.69, 9.17) is 5.11 Å². The number of anilines is 1. The quantitative estimate of drug-likeness (QED) is 0.708. The highest BCUT2D eigenvalue weighted by molar-refractivity contribution is 5.86. The van der Waals surface area contributed by atoms with E-state index >= 15 is 0 Å². The van der Waals surface area contributed by atoms with Gasteiger partial charge in [0.05, 0.1) is 32.2 Å². The van der Waals surface area contributed by atoms with Crippen LogP contribution in [0.15, 0.2) is 12.4 Å². The molecule has 0 radical (unpaired) electrons. The zero-order valence-electron chi connectivity index (χ0n) is 9.30. The maximum Gasteiger partial charge on any atom is 0.358 e. The zero-order chi connectivity index (χ0) is 12.0. The number of rotatable bonds is 5. The standard InChI is InChI=1S/C10H15N3O3/c1-3-7(6-14)13-9-5-11-8(4-12-9)10(15)16-2/h4-5,7,14H,3,6H2,1-2H3,(H,12,13). The SMILES string of the molecule is CCC(CO)Nc1cnc(C(=O)OC)cn1. The molecule has 1 aromatic heterocycles. The molecular formula is C10H15N3O3. The minimum absolute atomic E-state index is 0.0247. The lowest BCUT2D eigenvalue weighted by molar-refractivity contribution is 0.0593. The molecule has 0 aromatic carbocycles. The summed E-state index contributed by atoms with van der Waals surface area (Å²) in [7, 11) is 1.29. The Balaban J connectivity index is 2.67. The van der Waals surface area contributed by atoms with Crippen molar-refractivity contribution in [3.8, 4) is 0 Å². The molecule has 0 fully saturated rings. The Kier molecular flexibility index (Phi) is 4.65. The van der Waals surface area contributed by atoms with Crippen LogP contribution in [0.1, 0.15) is 23.8 Å². The lowest BCUT2D eigenvalue weighted by atomic mass is 10.2. The number of nitrogens with one attached hydrogen (secondary N) is 1. The smallest absolute Gasteiger partial charge is 0.358 e. The molecule has 0 amide bonds. The number of methoxy groups -OCH3 is 1. The number of aliphatic hydroxyl groups excluding tert-OH is 1. The van der Waals surface area contributed by atoms with E-state index in [0.29, 0.717) is 5.82 Å². The lowest BCUT2D eigenvalue weighted by Gasteiger charge is -2.13. The van der Waals surface area contributed by atoms with Gasteiger partial charge in [0.25, 0.3) is 0 Å². The number of carbonyl (C=O) groups is 1. The third-order valence-electron chi connectivity index (χ3n) is 2.11.